The lowest BCUT2D eigenvalue weighted by Gasteiger charge is -2.12. The number of ether oxygens (including phenoxy) is 1. The van der Waals surface area contributed by atoms with Crippen molar-refractivity contribution in [1.29, 1.82) is 0 Å². The number of carboxylic acid groups (broad SMARTS) is 1. The average molecular weight is 277 g/mol. The van der Waals surface area contributed by atoms with Crippen LogP contribution in [0.25, 0.3) is 0 Å². The van der Waals surface area contributed by atoms with Gasteiger partial charge in [0.05, 0.1) is 7.11 Å². The van der Waals surface area contributed by atoms with Crippen molar-refractivity contribution in [3.05, 3.63) is 22.2 Å². The zero-order chi connectivity index (χ0) is 11.6. The van der Waals surface area contributed by atoms with Gasteiger partial charge in [-0.15, -0.1) is 0 Å². The number of carbonyl (C=O) groups is 1. The standard InChI is InChI=1S/C9H9BrO5/c1-15-6-3-4(10)2-5(7(6)11)8(12)9(13)14/h2-3,8,11-12H,1H3,(H,13,14). The molecule has 0 spiro atoms. The Kier molecular flexibility index (Phi) is 3.54. The fraction of sp³-hybridized carbons (Fsp3) is 0.222. The largest absolute Gasteiger partial charge is 0.504 e. The van der Waals surface area contributed by atoms with Crippen molar-refractivity contribution in [3.63, 3.8) is 0 Å². The molecule has 0 aliphatic rings. The van der Waals surface area contributed by atoms with Crippen LogP contribution in [-0.2, 0) is 4.79 Å². The number of aliphatic hydroxyl groups is 1. The second kappa shape index (κ2) is 4.50. The van der Waals surface area contributed by atoms with E-state index < -0.39 is 12.1 Å². The smallest absolute Gasteiger partial charge is 0.337 e. The van der Waals surface area contributed by atoms with Crippen LogP contribution < -0.4 is 4.74 Å². The molecule has 0 aromatic heterocycles. The third-order valence-corrected chi connectivity index (χ3v) is 2.28. The monoisotopic (exact) mass is 276 g/mol. The summed E-state index contributed by atoms with van der Waals surface area (Å²) in [6, 6.07) is 2.78. The molecule has 1 aromatic carbocycles. The first-order chi connectivity index (χ1) is 6.97. The van der Waals surface area contributed by atoms with Crippen molar-refractivity contribution in [2.75, 3.05) is 7.11 Å². The highest BCUT2D eigenvalue weighted by atomic mass is 79.9. The van der Waals surface area contributed by atoms with Gasteiger partial charge >= 0.3 is 5.97 Å². The van der Waals surface area contributed by atoms with Gasteiger partial charge in [-0.3, -0.25) is 0 Å². The SMILES string of the molecule is COc1cc(Br)cc(C(O)C(=O)O)c1O. The maximum absolute atomic E-state index is 10.5. The zero-order valence-corrected chi connectivity index (χ0v) is 9.35. The van der Waals surface area contributed by atoms with E-state index in [4.69, 9.17) is 9.84 Å². The second-order valence-electron chi connectivity index (χ2n) is 2.79. The number of halogens is 1. The number of aliphatic carboxylic acids is 1. The van der Waals surface area contributed by atoms with Gasteiger partial charge in [0.1, 0.15) is 0 Å². The van der Waals surface area contributed by atoms with E-state index in [-0.39, 0.29) is 17.1 Å². The average Bonchev–Trinajstić information content (AvgIpc) is 2.19. The van der Waals surface area contributed by atoms with Crippen molar-refractivity contribution < 1.29 is 24.9 Å². The molecular formula is C9H9BrO5. The van der Waals surface area contributed by atoms with Crippen molar-refractivity contribution >= 4 is 21.9 Å². The Morgan fingerprint density at radius 2 is 2.13 bits per heavy atom. The van der Waals surface area contributed by atoms with Crippen LogP contribution >= 0.6 is 15.9 Å². The van der Waals surface area contributed by atoms with E-state index in [1.54, 1.807) is 0 Å². The molecule has 0 bridgehead atoms. The summed E-state index contributed by atoms with van der Waals surface area (Å²) in [4.78, 5) is 10.5. The molecule has 1 rings (SSSR count). The summed E-state index contributed by atoms with van der Waals surface area (Å²) in [7, 11) is 1.33. The van der Waals surface area contributed by atoms with E-state index >= 15 is 0 Å². The van der Waals surface area contributed by atoms with Crippen LogP contribution in [0.3, 0.4) is 0 Å². The van der Waals surface area contributed by atoms with Crippen molar-refractivity contribution in [3.8, 4) is 11.5 Å². The number of rotatable bonds is 3. The number of methoxy groups -OCH3 is 1. The molecule has 0 saturated carbocycles. The van der Waals surface area contributed by atoms with Gasteiger partial charge in [-0.25, -0.2) is 4.79 Å². The molecule has 0 amide bonds. The van der Waals surface area contributed by atoms with Gasteiger partial charge in [0, 0.05) is 10.0 Å². The van der Waals surface area contributed by atoms with Crippen LogP contribution in [0.5, 0.6) is 11.5 Å². The first-order valence-electron chi connectivity index (χ1n) is 3.94. The van der Waals surface area contributed by atoms with E-state index in [1.807, 2.05) is 0 Å². The molecule has 0 aliphatic carbocycles. The van der Waals surface area contributed by atoms with Crippen molar-refractivity contribution in [1.82, 2.24) is 0 Å². The molecule has 5 nitrogen and oxygen atoms in total. The minimum absolute atomic E-state index is 0.0969. The number of hydrogen-bond acceptors (Lipinski definition) is 4. The predicted molar refractivity (Wildman–Crippen MR) is 55.0 cm³/mol. The molecule has 15 heavy (non-hydrogen) atoms. The summed E-state index contributed by atoms with van der Waals surface area (Å²) in [5, 5.41) is 27.4. The van der Waals surface area contributed by atoms with Gasteiger partial charge in [-0.2, -0.15) is 0 Å². The Bertz CT molecular complexity index is 390. The molecule has 0 radical (unpaired) electrons. The predicted octanol–water partition coefficient (Wildman–Crippen LogP) is 1.28. The zero-order valence-electron chi connectivity index (χ0n) is 7.77. The first kappa shape index (κ1) is 11.8. The molecule has 1 aromatic rings. The Morgan fingerprint density at radius 3 is 2.60 bits per heavy atom. The summed E-state index contributed by atoms with van der Waals surface area (Å²) in [5.41, 5.74) is -0.117. The lowest BCUT2D eigenvalue weighted by Crippen LogP contribution is -2.10. The van der Waals surface area contributed by atoms with Gasteiger partial charge in [0.2, 0.25) is 0 Å². The normalized spacial score (nSPS) is 12.2. The lowest BCUT2D eigenvalue weighted by molar-refractivity contribution is -0.147. The molecule has 0 fully saturated rings. The molecule has 1 atom stereocenters. The topological polar surface area (TPSA) is 87.0 Å². The minimum atomic E-state index is -1.78. The number of phenols is 1. The highest BCUT2D eigenvalue weighted by Crippen LogP contribution is 2.36. The number of benzene rings is 1. The summed E-state index contributed by atoms with van der Waals surface area (Å²) >= 11 is 3.11. The molecule has 0 aliphatic heterocycles. The van der Waals surface area contributed by atoms with Crippen LogP contribution in [0.15, 0.2) is 16.6 Å². The summed E-state index contributed by atoms with van der Waals surface area (Å²) in [6.45, 7) is 0. The maximum Gasteiger partial charge on any atom is 0.337 e. The number of phenolic OH excluding ortho intramolecular Hbond substituents is 1. The number of aromatic hydroxyl groups is 1. The molecule has 0 saturated heterocycles. The first-order valence-corrected chi connectivity index (χ1v) is 4.74. The third kappa shape index (κ3) is 2.40. The highest BCUT2D eigenvalue weighted by molar-refractivity contribution is 9.10. The fourth-order valence-electron chi connectivity index (χ4n) is 1.09. The van der Waals surface area contributed by atoms with Crippen molar-refractivity contribution in [2.24, 2.45) is 0 Å². The molecule has 1 unspecified atom stereocenters. The Labute approximate surface area is 94.1 Å². The summed E-state index contributed by atoms with van der Waals surface area (Å²) in [6.07, 6.45) is -1.78. The van der Waals surface area contributed by atoms with Gasteiger partial charge < -0.3 is 20.1 Å². The fourth-order valence-corrected chi connectivity index (χ4v) is 1.55. The Balaban J connectivity index is 3.28. The van der Waals surface area contributed by atoms with E-state index in [2.05, 4.69) is 15.9 Å². The van der Waals surface area contributed by atoms with Crippen LogP contribution in [0, 0.1) is 0 Å². The Morgan fingerprint density at radius 1 is 1.53 bits per heavy atom. The molecular weight excluding hydrogens is 268 g/mol. The molecule has 3 N–H and O–H groups in total. The van der Waals surface area contributed by atoms with Gasteiger partial charge in [-0.05, 0) is 12.1 Å². The van der Waals surface area contributed by atoms with Gasteiger partial charge in [0.15, 0.2) is 17.6 Å². The van der Waals surface area contributed by atoms with Crippen molar-refractivity contribution in [2.45, 2.75) is 6.10 Å². The quantitative estimate of drug-likeness (QED) is 0.774. The summed E-state index contributed by atoms with van der Waals surface area (Å²) < 4.78 is 5.32. The summed E-state index contributed by atoms with van der Waals surface area (Å²) in [5.74, 6) is -1.72. The van der Waals surface area contributed by atoms with Crippen LogP contribution in [0.4, 0.5) is 0 Å². The lowest BCUT2D eigenvalue weighted by atomic mass is 10.1. The number of hydrogen-bond donors (Lipinski definition) is 3. The number of aliphatic hydroxyl groups excluding tert-OH is 1. The molecule has 82 valence electrons. The minimum Gasteiger partial charge on any atom is -0.504 e. The van der Waals surface area contributed by atoms with E-state index in [1.165, 1.54) is 19.2 Å². The molecule has 0 heterocycles. The van der Waals surface area contributed by atoms with Gasteiger partial charge in [0.25, 0.3) is 0 Å². The number of carboxylic acids is 1. The van der Waals surface area contributed by atoms with Crippen LogP contribution in [-0.4, -0.2) is 28.4 Å². The third-order valence-electron chi connectivity index (χ3n) is 1.82. The van der Waals surface area contributed by atoms with Gasteiger partial charge in [-0.1, -0.05) is 15.9 Å². The molecule has 6 heteroatoms. The Hall–Kier alpha value is -1.27. The van der Waals surface area contributed by atoms with E-state index in [0.717, 1.165) is 0 Å². The van der Waals surface area contributed by atoms with Crippen LogP contribution in [0.1, 0.15) is 11.7 Å². The van der Waals surface area contributed by atoms with E-state index in [0.29, 0.717) is 4.47 Å². The van der Waals surface area contributed by atoms with E-state index in [9.17, 15) is 15.0 Å². The van der Waals surface area contributed by atoms with Crippen LogP contribution in [0.2, 0.25) is 0 Å². The second-order valence-corrected chi connectivity index (χ2v) is 3.70. The maximum atomic E-state index is 10.5. The highest BCUT2D eigenvalue weighted by Gasteiger charge is 2.22.